The molecule has 0 heterocycles. The number of anilines is 1. The first-order chi connectivity index (χ1) is 6.92. The van der Waals surface area contributed by atoms with Crippen molar-refractivity contribution in [1.82, 2.24) is 0 Å². The average molecular weight is 287 g/mol. The fourth-order valence-electron chi connectivity index (χ4n) is 1.56. The van der Waals surface area contributed by atoms with Gasteiger partial charge in [0.05, 0.1) is 0 Å². The van der Waals surface area contributed by atoms with Crippen molar-refractivity contribution in [3.05, 3.63) is 42.5 Å². The summed E-state index contributed by atoms with van der Waals surface area (Å²) in [5, 5.41) is 6.93. The van der Waals surface area contributed by atoms with Gasteiger partial charge in [0.1, 0.15) is 0 Å². The molecule has 0 aliphatic rings. The molecule has 0 aliphatic carbocycles. The van der Waals surface area contributed by atoms with E-state index < -0.39 is 0 Å². The summed E-state index contributed by atoms with van der Waals surface area (Å²) in [6, 6.07) is 14.7. The van der Waals surface area contributed by atoms with Gasteiger partial charge in [-0.1, -0.05) is 52.3 Å². The Labute approximate surface area is 104 Å². The third kappa shape index (κ3) is 2.86. The van der Waals surface area contributed by atoms with Crippen molar-refractivity contribution in [2.75, 3.05) is 17.2 Å². The molecule has 0 aliphatic heterocycles. The third-order valence-corrected chi connectivity index (χ3v) is 2.60. The fourth-order valence-corrected chi connectivity index (χ4v) is 1.76. The molecule has 0 saturated heterocycles. The molecule has 0 bridgehead atoms. The van der Waals surface area contributed by atoms with E-state index in [4.69, 9.17) is 0 Å². The summed E-state index contributed by atoms with van der Waals surface area (Å²) < 4.78 is 0. The average Bonchev–Trinajstić information content (AvgIpc) is 2.26. The minimum atomic E-state index is 0. The number of nitrogens with one attached hydrogen (secondary N) is 1. The number of alkyl halides is 1. The molecular weight excluding hydrogens is 273 g/mol. The van der Waals surface area contributed by atoms with Gasteiger partial charge in [-0.25, -0.2) is 0 Å². The number of hydrogen-bond acceptors (Lipinski definition) is 1. The van der Waals surface area contributed by atoms with Gasteiger partial charge < -0.3 is 5.32 Å². The Balaban J connectivity index is 0.00000112. The molecule has 0 unspecified atom stereocenters. The van der Waals surface area contributed by atoms with Crippen LogP contribution in [0.1, 0.15) is 0 Å². The highest BCUT2D eigenvalue weighted by molar-refractivity contribution is 9.09. The molecule has 2 aromatic carbocycles. The lowest BCUT2D eigenvalue weighted by Gasteiger charge is -2.07. The molecule has 0 saturated carbocycles. The molecule has 1 N–H and O–H groups in total. The number of benzene rings is 2. The van der Waals surface area contributed by atoms with Gasteiger partial charge in [0.2, 0.25) is 0 Å². The van der Waals surface area contributed by atoms with Gasteiger partial charge in [0, 0.05) is 22.9 Å². The van der Waals surface area contributed by atoms with Crippen LogP contribution in [-0.2, 0) is 0 Å². The second kappa shape index (κ2) is 5.99. The smallest absolute Gasteiger partial charge is 0.0420 e. The molecule has 0 atom stereocenters. The summed E-state index contributed by atoms with van der Waals surface area (Å²) in [5.74, 6) is 0. The Morgan fingerprint density at radius 3 is 2.53 bits per heavy atom. The van der Waals surface area contributed by atoms with Gasteiger partial charge in [-0.2, -0.15) is 0 Å². The van der Waals surface area contributed by atoms with Crippen molar-refractivity contribution in [3.8, 4) is 0 Å². The van der Waals surface area contributed by atoms with Crippen LogP contribution in [0.3, 0.4) is 0 Å². The number of fused-ring (bicyclic) bond motifs is 1. The van der Waals surface area contributed by atoms with E-state index in [1.54, 1.807) is 0 Å². The zero-order valence-corrected chi connectivity index (χ0v) is 10.6. The maximum Gasteiger partial charge on any atom is 0.0420 e. The standard InChI is InChI=1S/C12H12BrN.ClH/c13-8-9-14-12-7-3-5-10-4-1-2-6-11(10)12;/h1-7,14H,8-9H2;1H. The highest BCUT2D eigenvalue weighted by Crippen LogP contribution is 2.22. The van der Waals surface area contributed by atoms with Gasteiger partial charge >= 0.3 is 0 Å². The molecule has 1 nitrogen and oxygen atoms in total. The first-order valence-electron chi connectivity index (χ1n) is 4.69. The maximum atomic E-state index is 3.41. The Morgan fingerprint density at radius 2 is 1.73 bits per heavy atom. The van der Waals surface area contributed by atoms with Crippen molar-refractivity contribution >= 4 is 44.8 Å². The molecule has 0 spiro atoms. The second-order valence-corrected chi connectivity index (χ2v) is 3.94. The zero-order chi connectivity index (χ0) is 9.80. The van der Waals surface area contributed by atoms with Crippen LogP contribution in [0.4, 0.5) is 5.69 Å². The first kappa shape index (κ1) is 12.3. The highest BCUT2D eigenvalue weighted by Gasteiger charge is 1.97. The van der Waals surface area contributed by atoms with Crippen LogP contribution in [0.25, 0.3) is 10.8 Å². The SMILES string of the molecule is BrCCNc1cccc2ccccc12.Cl. The second-order valence-electron chi connectivity index (χ2n) is 3.14. The van der Waals surface area contributed by atoms with Gasteiger partial charge in [0.15, 0.2) is 0 Å². The number of rotatable bonds is 3. The molecule has 0 aromatic heterocycles. The fraction of sp³-hybridized carbons (Fsp3) is 0.167. The van der Waals surface area contributed by atoms with Crippen LogP contribution in [-0.4, -0.2) is 11.9 Å². The van der Waals surface area contributed by atoms with Crippen molar-refractivity contribution in [2.24, 2.45) is 0 Å². The Kier molecular flexibility index (Phi) is 4.92. The van der Waals surface area contributed by atoms with Gasteiger partial charge in [-0.15, -0.1) is 12.4 Å². The molecule has 0 radical (unpaired) electrons. The van der Waals surface area contributed by atoms with E-state index in [-0.39, 0.29) is 12.4 Å². The van der Waals surface area contributed by atoms with E-state index in [1.807, 2.05) is 0 Å². The predicted molar refractivity (Wildman–Crippen MR) is 73.5 cm³/mol. The van der Waals surface area contributed by atoms with Crippen LogP contribution in [0.2, 0.25) is 0 Å². The number of hydrogen-bond donors (Lipinski definition) is 1. The first-order valence-corrected chi connectivity index (χ1v) is 5.81. The molecule has 0 amide bonds. The van der Waals surface area contributed by atoms with Crippen molar-refractivity contribution < 1.29 is 0 Å². The largest absolute Gasteiger partial charge is 0.384 e. The van der Waals surface area contributed by atoms with Gasteiger partial charge in [-0.3, -0.25) is 0 Å². The topological polar surface area (TPSA) is 12.0 Å². The van der Waals surface area contributed by atoms with Gasteiger partial charge in [-0.05, 0) is 11.5 Å². The molecule has 3 heteroatoms. The summed E-state index contributed by atoms with van der Waals surface area (Å²) >= 11 is 3.41. The zero-order valence-electron chi connectivity index (χ0n) is 8.24. The van der Waals surface area contributed by atoms with E-state index >= 15 is 0 Å². The van der Waals surface area contributed by atoms with Crippen molar-refractivity contribution in [3.63, 3.8) is 0 Å². The van der Waals surface area contributed by atoms with E-state index in [2.05, 4.69) is 63.7 Å². The maximum absolute atomic E-state index is 3.41. The highest BCUT2D eigenvalue weighted by atomic mass is 79.9. The minimum absolute atomic E-state index is 0. The van der Waals surface area contributed by atoms with Crippen LogP contribution >= 0.6 is 28.3 Å². The minimum Gasteiger partial charge on any atom is -0.384 e. The molecule has 15 heavy (non-hydrogen) atoms. The quantitative estimate of drug-likeness (QED) is 0.839. The lowest BCUT2D eigenvalue weighted by atomic mass is 10.1. The molecule has 2 aromatic rings. The van der Waals surface area contributed by atoms with Crippen LogP contribution < -0.4 is 5.32 Å². The lowest BCUT2D eigenvalue weighted by molar-refractivity contribution is 1.25. The van der Waals surface area contributed by atoms with Crippen LogP contribution in [0, 0.1) is 0 Å². The van der Waals surface area contributed by atoms with E-state index in [0.717, 1.165) is 11.9 Å². The summed E-state index contributed by atoms with van der Waals surface area (Å²) in [7, 11) is 0. The normalized spacial score (nSPS) is 9.67. The summed E-state index contributed by atoms with van der Waals surface area (Å²) in [6.45, 7) is 0.952. The Bertz CT molecular complexity index is 425. The number of halogens is 2. The lowest BCUT2D eigenvalue weighted by Crippen LogP contribution is -2.02. The Morgan fingerprint density at radius 1 is 1.00 bits per heavy atom. The van der Waals surface area contributed by atoms with E-state index in [0.29, 0.717) is 0 Å². The van der Waals surface area contributed by atoms with Gasteiger partial charge in [0.25, 0.3) is 0 Å². The van der Waals surface area contributed by atoms with Crippen molar-refractivity contribution in [2.45, 2.75) is 0 Å². The molecule has 2 rings (SSSR count). The molecule has 0 fully saturated rings. The Hall–Kier alpha value is -0.730. The summed E-state index contributed by atoms with van der Waals surface area (Å²) in [5.41, 5.74) is 1.21. The summed E-state index contributed by atoms with van der Waals surface area (Å²) in [4.78, 5) is 0. The van der Waals surface area contributed by atoms with E-state index in [9.17, 15) is 0 Å². The van der Waals surface area contributed by atoms with Crippen molar-refractivity contribution in [1.29, 1.82) is 0 Å². The predicted octanol–water partition coefficient (Wildman–Crippen LogP) is 4.07. The monoisotopic (exact) mass is 285 g/mol. The molecule has 80 valence electrons. The van der Waals surface area contributed by atoms with Crippen LogP contribution in [0.15, 0.2) is 42.5 Å². The van der Waals surface area contributed by atoms with E-state index in [1.165, 1.54) is 16.5 Å². The molecular formula is C12H13BrClN. The third-order valence-electron chi connectivity index (χ3n) is 2.20. The van der Waals surface area contributed by atoms with Crippen LogP contribution in [0.5, 0.6) is 0 Å². The summed E-state index contributed by atoms with van der Waals surface area (Å²) in [6.07, 6.45) is 0.